The van der Waals surface area contributed by atoms with Crippen molar-refractivity contribution >= 4 is 35.1 Å². The van der Waals surface area contributed by atoms with Crippen LogP contribution >= 0.6 is 11.6 Å². The van der Waals surface area contributed by atoms with E-state index in [1.54, 1.807) is 17.9 Å². The van der Waals surface area contributed by atoms with Crippen molar-refractivity contribution in [2.24, 2.45) is 23.7 Å². The number of fused-ring (bicyclic) bond motifs is 1. The number of nitrogens with one attached hydrogen (secondary N) is 1. The van der Waals surface area contributed by atoms with Crippen molar-refractivity contribution in [3.05, 3.63) is 40.9 Å². The normalized spacial score (nSPS) is 25.5. The van der Waals surface area contributed by atoms with Gasteiger partial charge in [-0.3, -0.25) is 14.4 Å². The minimum Gasteiger partial charge on any atom is -0.466 e. The summed E-state index contributed by atoms with van der Waals surface area (Å²) in [6, 6.07) is 4.66. The molecule has 0 spiro atoms. The second-order valence-electron chi connectivity index (χ2n) is 9.37. The van der Waals surface area contributed by atoms with Gasteiger partial charge in [-0.15, -0.1) is 0 Å². The maximum atomic E-state index is 13.8. The maximum absolute atomic E-state index is 13.8. The van der Waals surface area contributed by atoms with Gasteiger partial charge in [0.1, 0.15) is 6.04 Å². The standard InChI is InChI=1S/C27H37ClN2O5/c1-4-18-13-14-19-22(21(18)27(34)35-5-2)26(33)30(15-8-6-7-9-16-31)24(19)25(32)29-23-17(3)11-10-12-20(23)28/h10-14,18-19,21-22,24,31H,4-9,15-16H2,1-3H3,(H,29,32)/t18-,19+,21-,22+,24+/m1/s1. The van der Waals surface area contributed by atoms with Crippen molar-refractivity contribution in [3.8, 4) is 0 Å². The number of aliphatic hydroxyl groups is 1. The van der Waals surface area contributed by atoms with Crippen LogP contribution in [-0.4, -0.2) is 53.6 Å². The molecule has 0 aromatic heterocycles. The van der Waals surface area contributed by atoms with Gasteiger partial charge in [0.25, 0.3) is 0 Å². The second-order valence-corrected chi connectivity index (χ2v) is 9.78. The molecule has 1 saturated heterocycles. The van der Waals surface area contributed by atoms with Gasteiger partial charge in [0.2, 0.25) is 11.8 Å². The number of carbonyl (C=O) groups is 3. The molecule has 0 unspecified atom stereocenters. The molecule has 8 heteroatoms. The Bertz CT molecular complexity index is 929. The van der Waals surface area contributed by atoms with Gasteiger partial charge in [0.05, 0.1) is 29.2 Å². The second kappa shape index (κ2) is 12.5. The Hall–Kier alpha value is -2.38. The molecular formula is C27H37ClN2O5. The SMILES string of the molecule is CCOC(=O)[C@H]1[C@H]2C(=O)N(CCCCCCO)[C@H](C(=O)Nc3c(C)cccc3Cl)[C@H]2C=C[C@H]1CC. The summed E-state index contributed by atoms with van der Waals surface area (Å²) in [7, 11) is 0. The fourth-order valence-electron chi connectivity index (χ4n) is 5.42. The van der Waals surface area contributed by atoms with Crippen LogP contribution in [0.3, 0.4) is 0 Å². The number of ether oxygens (including phenoxy) is 1. The van der Waals surface area contributed by atoms with E-state index in [4.69, 9.17) is 21.4 Å². The van der Waals surface area contributed by atoms with E-state index in [1.165, 1.54) is 0 Å². The molecule has 1 aromatic carbocycles. The summed E-state index contributed by atoms with van der Waals surface area (Å²) in [6.45, 7) is 6.41. The first-order chi connectivity index (χ1) is 16.8. The Morgan fingerprint density at radius 1 is 1.14 bits per heavy atom. The number of nitrogens with zero attached hydrogens (tertiary/aromatic N) is 1. The largest absolute Gasteiger partial charge is 0.466 e. The summed E-state index contributed by atoms with van der Waals surface area (Å²) in [5.74, 6) is -2.64. The zero-order valence-corrected chi connectivity index (χ0v) is 21.6. The molecule has 7 nitrogen and oxygen atoms in total. The summed E-state index contributed by atoms with van der Waals surface area (Å²) in [6.07, 6.45) is 7.74. The van der Waals surface area contributed by atoms with Crippen molar-refractivity contribution in [2.75, 3.05) is 25.1 Å². The number of para-hydroxylation sites is 1. The van der Waals surface area contributed by atoms with Crippen LogP contribution in [-0.2, 0) is 19.1 Å². The summed E-state index contributed by atoms with van der Waals surface area (Å²) in [5.41, 5.74) is 1.36. The molecule has 2 N–H and O–H groups in total. The molecule has 35 heavy (non-hydrogen) atoms. The number of amides is 2. The molecule has 1 aliphatic carbocycles. The van der Waals surface area contributed by atoms with Crippen LogP contribution in [0.4, 0.5) is 5.69 Å². The number of hydrogen-bond acceptors (Lipinski definition) is 5. The highest BCUT2D eigenvalue weighted by Crippen LogP contribution is 2.45. The molecular weight excluding hydrogens is 468 g/mol. The molecule has 5 atom stereocenters. The van der Waals surface area contributed by atoms with Gasteiger partial charge >= 0.3 is 5.97 Å². The van der Waals surface area contributed by atoms with Crippen molar-refractivity contribution < 1.29 is 24.2 Å². The first kappa shape index (κ1) is 27.2. The highest BCUT2D eigenvalue weighted by atomic mass is 35.5. The maximum Gasteiger partial charge on any atom is 0.310 e. The highest BCUT2D eigenvalue weighted by Gasteiger charge is 2.57. The van der Waals surface area contributed by atoms with E-state index >= 15 is 0 Å². The number of likely N-dealkylation sites (tertiary alicyclic amines) is 1. The topological polar surface area (TPSA) is 95.9 Å². The first-order valence-electron chi connectivity index (χ1n) is 12.7. The summed E-state index contributed by atoms with van der Waals surface area (Å²) < 4.78 is 5.37. The number of halogens is 1. The van der Waals surface area contributed by atoms with E-state index in [1.807, 2.05) is 38.1 Å². The number of aliphatic hydroxyl groups excluding tert-OH is 1. The molecule has 3 rings (SSSR count). The lowest BCUT2D eigenvalue weighted by Crippen LogP contribution is -2.44. The number of anilines is 1. The predicted octanol–water partition coefficient (Wildman–Crippen LogP) is 4.36. The average molecular weight is 505 g/mol. The van der Waals surface area contributed by atoms with Crippen LogP contribution in [0.5, 0.6) is 0 Å². The van der Waals surface area contributed by atoms with Crippen molar-refractivity contribution in [1.82, 2.24) is 4.90 Å². The Balaban J connectivity index is 1.93. The number of benzene rings is 1. The van der Waals surface area contributed by atoms with Crippen molar-refractivity contribution in [1.29, 1.82) is 0 Å². The fourth-order valence-corrected chi connectivity index (χ4v) is 5.69. The Kier molecular flexibility index (Phi) is 9.75. The molecule has 1 aliphatic heterocycles. The third-order valence-electron chi connectivity index (χ3n) is 7.19. The number of esters is 1. The van der Waals surface area contributed by atoms with Gasteiger partial charge in [0, 0.05) is 19.1 Å². The van der Waals surface area contributed by atoms with Crippen LogP contribution in [0.2, 0.25) is 5.02 Å². The molecule has 2 aliphatic rings. The van der Waals surface area contributed by atoms with Crippen molar-refractivity contribution in [2.45, 2.75) is 58.9 Å². The Labute approximate surface area is 212 Å². The summed E-state index contributed by atoms with van der Waals surface area (Å²) in [4.78, 5) is 42.1. The van der Waals surface area contributed by atoms with Gasteiger partial charge in [-0.1, -0.05) is 55.7 Å². The monoisotopic (exact) mass is 504 g/mol. The third kappa shape index (κ3) is 5.89. The number of allylic oxidation sites excluding steroid dienone is 1. The van der Waals surface area contributed by atoms with E-state index in [2.05, 4.69) is 5.32 Å². The number of unbranched alkanes of at least 4 members (excludes halogenated alkanes) is 3. The van der Waals surface area contributed by atoms with Crippen LogP contribution in [0.1, 0.15) is 51.5 Å². The zero-order valence-electron chi connectivity index (χ0n) is 20.8. The van der Waals surface area contributed by atoms with Gasteiger partial charge in [-0.2, -0.15) is 0 Å². The number of hydrogen-bond donors (Lipinski definition) is 2. The van der Waals surface area contributed by atoms with Crippen molar-refractivity contribution in [3.63, 3.8) is 0 Å². The van der Waals surface area contributed by atoms with E-state index in [9.17, 15) is 14.4 Å². The van der Waals surface area contributed by atoms with Gasteiger partial charge in [-0.25, -0.2) is 0 Å². The molecule has 1 fully saturated rings. The molecule has 2 amide bonds. The molecule has 1 aromatic rings. The van der Waals surface area contributed by atoms with Crippen LogP contribution in [0.15, 0.2) is 30.4 Å². The lowest BCUT2D eigenvalue weighted by molar-refractivity contribution is -0.155. The van der Waals surface area contributed by atoms with Crippen LogP contribution in [0, 0.1) is 30.6 Å². The quantitative estimate of drug-likeness (QED) is 0.265. The lowest BCUT2D eigenvalue weighted by Gasteiger charge is -2.33. The Morgan fingerprint density at radius 2 is 1.89 bits per heavy atom. The number of aryl methyl sites for hydroxylation is 1. The third-order valence-corrected chi connectivity index (χ3v) is 7.50. The first-order valence-corrected chi connectivity index (χ1v) is 13.1. The molecule has 0 bridgehead atoms. The smallest absolute Gasteiger partial charge is 0.310 e. The minimum absolute atomic E-state index is 0.113. The van der Waals surface area contributed by atoms with E-state index in [-0.39, 0.29) is 36.9 Å². The molecule has 192 valence electrons. The average Bonchev–Trinajstić information content (AvgIpc) is 3.12. The summed E-state index contributed by atoms with van der Waals surface area (Å²) >= 11 is 6.36. The number of rotatable bonds is 11. The number of carbonyl (C=O) groups excluding carboxylic acids is 3. The van der Waals surface area contributed by atoms with E-state index < -0.39 is 23.8 Å². The Morgan fingerprint density at radius 3 is 2.54 bits per heavy atom. The van der Waals surface area contributed by atoms with E-state index in [0.717, 1.165) is 18.4 Å². The summed E-state index contributed by atoms with van der Waals surface area (Å²) in [5, 5.41) is 12.4. The van der Waals surface area contributed by atoms with Gasteiger partial charge < -0.3 is 20.1 Å². The molecule has 0 radical (unpaired) electrons. The highest BCUT2D eigenvalue weighted by molar-refractivity contribution is 6.34. The fraction of sp³-hybridized carbons (Fsp3) is 0.593. The molecule has 1 heterocycles. The van der Waals surface area contributed by atoms with Crippen LogP contribution in [0.25, 0.3) is 0 Å². The van der Waals surface area contributed by atoms with Gasteiger partial charge in [0.15, 0.2) is 0 Å². The van der Waals surface area contributed by atoms with Gasteiger partial charge in [-0.05, 0) is 50.7 Å². The van der Waals surface area contributed by atoms with E-state index in [0.29, 0.717) is 36.5 Å². The minimum atomic E-state index is -0.744. The van der Waals surface area contributed by atoms with Crippen LogP contribution < -0.4 is 5.32 Å². The lowest BCUT2D eigenvalue weighted by atomic mass is 9.69. The zero-order chi connectivity index (χ0) is 25.5. The predicted molar refractivity (Wildman–Crippen MR) is 136 cm³/mol. The molecule has 0 saturated carbocycles.